The van der Waals surface area contributed by atoms with Crippen molar-refractivity contribution in [3.05, 3.63) is 22.4 Å². The fourth-order valence-corrected chi connectivity index (χ4v) is 2.96. The number of hydrogen-bond acceptors (Lipinski definition) is 3. The van der Waals surface area contributed by atoms with Crippen LogP contribution in [0.1, 0.15) is 25.3 Å². The Bertz CT molecular complexity index is 282. The fraction of sp³-hybridized carbons (Fsp3) is 0.667. The molecule has 1 aromatic heterocycles. The molecule has 0 aliphatic carbocycles. The molecule has 2 N–H and O–H groups in total. The number of rotatable bonds is 3. The first kappa shape index (κ1) is 11.1. The zero-order chi connectivity index (χ0) is 10.7. The summed E-state index contributed by atoms with van der Waals surface area (Å²) in [5, 5.41) is 4.40. The largest absolute Gasteiger partial charge is 0.328 e. The normalized spacial score (nSPS) is 25.3. The second-order valence-corrected chi connectivity index (χ2v) is 5.41. The lowest BCUT2D eigenvalue weighted by atomic mass is 9.92. The van der Waals surface area contributed by atoms with Gasteiger partial charge in [0.05, 0.1) is 0 Å². The van der Waals surface area contributed by atoms with Gasteiger partial charge in [-0.3, -0.25) is 4.90 Å². The Balaban J connectivity index is 1.88. The van der Waals surface area contributed by atoms with Crippen LogP contribution in [0.25, 0.3) is 0 Å². The van der Waals surface area contributed by atoms with Crippen LogP contribution in [0.15, 0.2) is 16.8 Å². The first-order chi connectivity index (χ1) is 7.25. The van der Waals surface area contributed by atoms with Crippen molar-refractivity contribution in [3.63, 3.8) is 0 Å². The molecule has 2 heterocycles. The molecule has 0 saturated carbocycles. The Hall–Kier alpha value is -0.380. The van der Waals surface area contributed by atoms with E-state index in [0.29, 0.717) is 12.0 Å². The summed E-state index contributed by atoms with van der Waals surface area (Å²) < 4.78 is 0. The van der Waals surface area contributed by atoms with Crippen LogP contribution < -0.4 is 5.73 Å². The molecule has 2 rings (SSSR count). The van der Waals surface area contributed by atoms with Crippen molar-refractivity contribution < 1.29 is 0 Å². The lowest BCUT2D eigenvalue weighted by Crippen LogP contribution is -2.41. The zero-order valence-electron chi connectivity index (χ0n) is 9.36. The van der Waals surface area contributed by atoms with Crippen LogP contribution in [-0.4, -0.2) is 24.0 Å². The van der Waals surface area contributed by atoms with Gasteiger partial charge in [0.15, 0.2) is 0 Å². The van der Waals surface area contributed by atoms with Gasteiger partial charge in [0, 0.05) is 19.1 Å². The Labute approximate surface area is 96.1 Å². The van der Waals surface area contributed by atoms with E-state index in [0.717, 1.165) is 6.54 Å². The minimum Gasteiger partial charge on any atom is -0.328 e. The molecule has 0 bridgehead atoms. The van der Waals surface area contributed by atoms with Crippen molar-refractivity contribution >= 4 is 11.3 Å². The van der Waals surface area contributed by atoms with Crippen LogP contribution >= 0.6 is 11.3 Å². The van der Waals surface area contributed by atoms with Gasteiger partial charge >= 0.3 is 0 Å². The zero-order valence-corrected chi connectivity index (χ0v) is 10.2. The SMILES string of the molecule is C[C@H](N)[C@H]1CCCN(Cc2ccsc2)C1. The van der Waals surface area contributed by atoms with Crippen molar-refractivity contribution in [2.45, 2.75) is 32.4 Å². The van der Waals surface area contributed by atoms with E-state index in [-0.39, 0.29) is 0 Å². The van der Waals surface area contributed by atoms with E-state index < -0.39 is 0 Å². The first-order valence-corrected chi connectivity index (χ1v) is 6.69. The van der Waals surface area contributed by atoms with Gasteiger partial charge in [-0.05, 0) is 54.6 Å². The predicted octanol–water partition coefficient (Wildman–Crippen LogP) is 2.31. The maximum Gasteiger partial charge on any atom is 0.0242 e. The summed E-state index contributed by atoms with van der Waals surface area (Å²) in [7, 11) is 0. The minimum absolute atomic E-state index is 0.343. The van der Waals surface area contributed by atoms with Crippen LogP contribution in [0.3, 0.4) is 0 Å². The summed E-state index contributed by atoms with van der Waals surface area (Å²) in [6.07, 6.45) is 2.61. The highest BCUT2D eigenvalue weighted by molar-refractivity contribution is 7.07. The number of nitrogens with two attached hydrogens (primary N) is 1. The average Bonchev–Trinajstić information content (AvgIpc) is 2.71. The third-order valence-corrected chi connectivity index (χ3v) is 4.00. The highest BCUT2D eigenvalue weighted by atomic mass is 32.1. The molecule has 0 unspecified atom stereocenters. The van der Waals surface area contributed by atoms with Crippen molar-refractivity contribution in [2.24, 2.45) is 11.7 Å². The molecule has 2 atom stereocenters. The van der Waals surface area contributed by atoms with Gasteiger partial charge in [-0.2, -0.15) is 11.3 Å². The minimum atomic E-state index is 0.343. The number of piperidine rings is 1. The topological polar surface area (TPSA) is 29.3 Å². The maximum absolute atomic E-state index is 5.98. The highest BCUT2D eigenvalue weighted by Gasteiger charge is 2.22. The molecule has 15 heavy (non-hydrogen) atoms. The Morgan fingerprint density at radius 1 is 1.67 bits per heavy atom. The summed E-state index contributed by atoms with van der Waals surface area (Å²) in [6, 6.07) is 2.57. The third kappa shape index (κ3) is 3.03. The number of likely N-dealkylation sites (tertiary alicyclic amines) is 1. The Morgan fingerprint density at radius 3 is 3.20 bits per heavy atom. The van der Waals surface area contributed by atoms with Crippen molar-refractivity contribution in [2.75, 3.05) is 13.1 Å². The van der Waals surface area contributed by atoms with E-state index in [1.165, 1.54) is 31.5 Å². The van der Waals surface area contributed by atoms with Gasteiger partial charge < -0.3 is 5.73 Å². The molecule has 1 aliphatic heterocycles. The maximum atomic E-state index is 5.98. The van der Waals surface area contributed by atoms with E-state index in [1.807, 2.05) is 0 Å². The Kier molecular flexibility index (Phi) is 3.78. The summed E-state index contributed by atoms with van der Waals surface area (Å²) in [6.45, 7) is 5.65. The van der Waals surface area contributed by atoms with Crippen molar-refractivity contribution in [1.82, 2.24) is 4.90 Å². The summed E-state index contributed by atoms with van der Waals surface area (Å²) in [5.41, 5.74) is 7.43. The smallest absolute Gasteiger partial charge is 0.0242 e. The van der Waals surface area contributed by atoms with Crippen LogP contribution in [0, 0.1) is 5.92 Å². The second-order valence-electron chi connectivity index (χ2n) is 4.63. The van der Waals surface area contributed by atoms with Crippen molar-refractivity contribution in [3.8, 4) is 0 Å². The number of nitrogens with zero attached hydrogens (tertiary/aromatic N) is 1. The van der Waals surface area contributed by atoms with Gasteiger partial charge in [-0.25, -0.2) is 0 Å². The van der Waals surface area contributed by atoms with Gasteiger partial charge in [0.1, 0.15) is 0 Å². The highest BCUT2D eigenvalue weighted by Crippen LogP contribution is 2.21. The molecule has 84 valence electrons. The number of thiophene rings is 1. The average molecular weight is 224 g/mol. The Morgan fingerprint density at radius 2 is 2.53 bits per heavy atom. The standard InChI is InChI=1S/C12H20N2S/c1-10(13)12-3-2-5-14(8-12)7-11-4-6-15-9-11/h4,6,9-10,12H,2-3,5,7-8,13H2,1H3/t10-,12-/m0/s1. The van der Waals surface area contributed by atoms with E-state index >= 15 is 0 Å². The molecular weight excluding hydrogens is 204 g/mol. The van der Waals surface area contributed by atoms with Crippen LogP contribution in [0.5, 0.6) is 0 Å². The lowest BCUT2D eigenvalue weighted by Gasteiger charge is -2.34. The quantitative estimate of drug-likeness (QED) is 0.853. The molecule has 0 spiro atoms. The van der Waals surface area contributed by atoms with Crippen LogP contribution in [0.2, 0.25) is 0 Å². The molecule has 0 aromatic carbocycles. The van der Waals surface area contributed by atoms with E-state index in [9.17, 15) is 0 Å². The van der Waals surface area contributed by atoms with Gasteiger partial charge in [0.2, 0.25) is 0 Å². The summed E-state index contributed by atoms with van der Waals surface area (Å²) in [4.78, 5) is 2.54. The summed E-state index contributed by atoms with van der Waals surface area (Å²) >= 11 is 1.78. The molecule has 1 aromatic rings. The molecule has 0 amide bonds. The van der Waals surface area contributed by atoms with Gasteiger partial charge in [-0.1, -0.05) is 0 Å². The molecule has 1 saturated heterocycles. The van der Waals surface area contributed by atoms with Crippen LogP contribution in [-0.2, 0) is 6.54 Å². The van der Waals surface area contributed by atoms with E-state index in [1.54, 1.807) is 11.3 Å². The van der Waals surface area contributed by atoms with Gasteiger partial charge in [0.25, 0.3) is 0 Å². The van der Waals surface area contributed by atoms with Gasteiger partial charge in [-0.15, -0.1) is 0 Å². The molecular formula is C12H20N2S. The fourth-order valence-electron chi connectivity index (χ4n) is 2.30. The summed E-state index contributed by atoms with van der Waals surface area (Å²) in [5.74, 6) is 0.692. The van der Waals surface area contributed by atoms with E-state index in [4.69, 9.17) is 5.73 Å². The molecule has 2 nitrogen and oxygen atoms in total. The monoisotopic (exact) mass is 224 g/mol. The molecule has 3 heteroatoms. The van der Waals surface area contributed by atoms with Crippen molar-refractivity contribution in [1.29, 1.82) is 0 Å². The van der Waals surface area contributed by atoms with E-state index in [2.05, 4.69) is 28.7 Å². The number of hydrogen-bond donors (Lipinski definition) is 1. The molecule has 1 aliphatic rings. The molecule has 1 fully saturated rings. The second kappa shape index (κ2) is 5.10. The molecule has 0 radical (unpaired) electrons. The lowest BCUT2D eigenvalue weighted by molar-refractivity contribution is 0.154. The van der Waals surface area contributed by atoms with Crippen LogP contribution in [0.4, 0.5) is 0 Å². The first-order valence-electron chi connectivity index (χ1n) is 5.74. The predicted molar refractivity (Wildman–Crippen MR) is 66.0 cm³/mol. The third-order valence-electron chi connectivity index (χ3n) is 3.27.